The van der Waals surface area contributed by atoms with Gasteiger partial charge in [-0.1, -0.05) is 30.3 Å². The molecule has 0 atom stereocenters. The van der Waals surface area contributed by atoms with Crippen LogP contribution in [-0.2, 0) is 16.0 Å². The largest absolute Gasteiger partial charge is 0.356 e. The van der Waals surface area contributed by atoms with Gasteiger partial charge in [0, 0.05) is 26.2 Å². The van der Waals surface area contributed by atoms with Crippen molar-refractivity contribution in [3.63, 3.8) is 0 Å². The van der Waals surface area contributed by atoms with Gasteiger partial charge in [-0.25, -0.2) is 0 Å². The minimum atomic E-state index is 0.357. The molecule has 1 aromatic rings. The van der Waals surface area contributed by atoms with E-state index in [0.29, 0.717) is 12.9 Å². The molecule has 0 aliphatic carbocycles. The molecule has 1 aliphatic heterocycles. The molecule has 16 heavy (non-hydrogen) atoms. The van der Waals surface area contributed by atoms with Crippen LogP contribution in [0.25, 0.3) is 0 Å². The van der Waals surface area contributed by atoms with Crippen molar-refractivity contribution in [1.82, 2.24) is 4.90 Å². The van der Waals surface area contributed by atoms with Crippen molar-refractivity contribution in [2.75, 3.05) is 26.5 Å². The van der Waals surface area contributed by atoms with E-state index in [1.54, 1.807) is 0 Å². The van der Waals surface area contributed by atoms with E-state index >= 15 is 0 Å². The fourth-order valence-electron chi connectivity index (χ4n) is 1.83. The van der Waals surface area contributed by atoms with Gasteiger partial charge in [-0.3, -0.25) is 4.90 Å². The average Bonchev–Trinajstić information content (AvgIpc) is 2.27. The van der Waals surface area contributed by atoms with Crippen LogP contribution < -0.4 is 0 Å². The van der Waals surface area contributed by atoms with Gasteiger partial charge < -0.3 is 9.47 Å². The van der Waals surface area contributed by atoms with Gasteiger partial charge in [-0.2, -0.15) is 0 Å². The summed E-state index contributed by atoms with van der Waals surface area (Å²) in [7, 11) is 0. The van der Waals surface area contributed by atoms with Crippen LogP contribution in [0, 0.1) is 0 Å². The third-order valence-electron chi connectivity index (χ3n) is 2.76. The number of rotatable bonds is 6. The average molecular weight is 221 g/mol. The minimum absolute atomic E-state index is 0.357. The van der Waals surface area contributed by atoms with Crippen LogP contribution in [0.5, 0.6) is 0 Å². The van der Waals surface area contributed by atoms with Crippen LogP contribution in [0.15, 0.2) is 30.3 Å². The molecule has 1 aromatic carbocycles. The van der Waals surface area contributed by atoms with E-state index in [2.05, 4.69) is 29.2 Å². The van der Waals surface area contributed by atoms with Gasteiger partial charge in [0.1, 0.15) is 6.79 Å². The first-order valence-electron chi connectivity index (χ1n) is 5.84. The molecule has 1 aliphatic rings. The van der Waals surface area contributed by atoms with Crippen molar-refractivity contribution in [3.05, 3.63) is 35.9 Å². The lowest BCUT2D eigenvalue weighted by atomic mass is 10.1. The number of hydrogen-bond donors (Lipinski definition) is 0. The SMILES string of the molecule is CCOCOC1CN(Cc2ccccc2)C1. The summed E-state index contributed by atoms with van der Waals surface area (Å²) < 4.78 is 10.7. The molecule has 0 unspecified atom stereocenters. The molecule has 0 amide bonds. The second-order valence-corrected chi connectivity index (χ2v) is 4.08. The maximum Gasteiger partial charge on any atom is 0.147 e. The molecule has 0 radical (unpaired) electrons. The maximum absolute atomic E-state index is 5.52. The lowest BCUT2D eigenvalue weighted by Crippen LogP contribution is -2.51. The number of nitrogens with zero attached hydrogens (tertiary/aromatic N) is 1. The Kier molecular flexibility index (Phi) is 4.34. The zero-order valence-electron chi connectivity index (χ0n) is 9.76. The van der Waals surface area contributed by atoms with E-state index in [9.17, 15) is 0 Å². The summed E-state index contributed by atoms with van der Waals surface area (Å²) in [6, 6.07) is 10.5. The van der Waals surface area contributed by atoms with Crippen molar-refractivity contribution in [2.24, 2.45) is 0 Å². The molecule has 0 bridgehead atoms. The van der Waals surface area contributed by atoms with Crippen LogP contribution in [0.1, 0.15) is 12.5 Å². The molecule has 0 spiro atoms. The fourth-order valence-corrected chi connectivity index (χ4v) is 1.83. The molecule has 3 heteroatoms. The summed E-state index contributed by atoms with van der Waals surface area (Å²) in [6.45, 7) is 6.19. The van der Waals surface area contributed by atoms with Crippen LogP contribution in [0.2, 0.25) is 0 Å². The smallest absolute Gasteiger partial charge is 0.147 e. The highest BCUT2D eigenvalue weighted by Gasteiger charge is 2.26. The normalized spacial score (nSPS) is 17.3. The summed E-state index contributed by atoms with van der Waals surface area (Å²) in [4.78, 5) is 2.38. The standard InChI is InChI=1S/C13H19NO2/c1-2-15-11-16-13-9-14(10-13)8-12-6-4-3-5-7-12/h3-7,13H,2,8-11H2,1H3. The molecular formula is C13H19NO2. The van der Waals surface area contributed by atoms with Gasteiger partial charge in [0.2, 0.25) is 0 Å². The Bertz CT molecular complexity index is 296. The Labute approximate surface area is 97.0 Å². The van der Waals surface area contributed by atoms with E-state index < -0.39 is 0 Å². The van der Waals surface area contributed by atoms with Gasteiger partial charge >= 0.3 is 0 Å². The van der Waals surface area contributed by atoms with E-state index in [4.69, 9.17) is 9.47 Å². The van der Waals surface area contributed by atoms with Crippen molar-refractivity contribution in [1.29, 1.82) is 0 Å². The predicted octanol–water partition coefficient (Wildman–Crippen LogP) is 1.88. The molecule has 0 saturated carbocycles. The highest BCUT2D eigenvalue weighted by atomic mass is 16.7. The first-order valence-corrected chi connectivity index (χ1v) is 5.84. The van der Waals surface area contributed by atoms with Crippen LogP contribution in [0.3, 0.4) is 0 Å². The maximum atomic E-state index is 5.52. The van der Waals surface area contributed by atoms with E-state index in [-0.39, 0.29) is 0 Å². The first-order chi connectivity index (χ1) is 7.88. The Balaban J connectivity index is 1.62. The van der Waals surface area contributed by atoms with Crippen molar-refractivity contribution < 1.29 is 9.47 Å². The summed E-state index contributed by atoms with van der Waals surface area (Å²) in [5, 5.41) is 0. The van der Waals surface area contributed by atoms with Gasteiger partial charge in [-0.05, 0) is 12.5 Å². The molecule has 0 N–H and O–H groups in total. The van der Waals surface area contributed by atoms with Gasteiger partial charge in [0.05, 0.1) is 6.10 Å². The van der Waals surface area contributed by atoms with Crippen LogP contribution >= 0.6 is 0 Å². The monoisotopic (exact) mass is 221 g/mol. The first kappa shape index (κ1) is 11.6. The summed E-state index contributed by atoms with van der Waals surface area (Å²) >= 11 is 0. The molecule has 1 fully saturated rings. The van der Waals surface area contributed by atoms with E-state index in [0.717, 1.165) is 26.2 Å². The Morgan fingerprint density at radius 1 is 1.25 bits per heavy atom. The van der Waals surface area contributed by atoms with Gasteiger partial charge in [0.15, 0.2) is 0 Å². The third-order valence-corrected chi connectivity index (χ3v) is 2.76. The van der Waals surface area contributed by atoms with Crippen LogP contribution in [-0.4, -0.2) is 37.5 Å². The lowest BCUT2D eigenvalue weighted by molar-refractivity contribution is -0.134. The lowest BCUT2D eigenvalue weighted by Gasteiger charge is -2.38. The number of benzene rings is 1. The second kappa shape index (κ2) is 5.99. The zero-order chi connectivity index (χ0) is 11.2. The van der Waals surface area contributed by atoms with Crippen LogP contribution in [0.4, 0.5) is 0 Å². The Morgan fingerprint density at radius 2 is 2.00 bits per heavy atom. The molecule has 3 nitrogen and oxygen atoms in total. The fraction of sp³-hybridized carbons (Fsp3) is 0.538. The number of hydrogen-bond acceptors (Lipinski definition) is 3. The number of likely N-dealkylation sites (tertiary alicyclic amines) is 1. The van der Waals surface area contributed by atoms with Gasteiger partial charge in [0.25, 0.3) is 0 Å². The topological polar surface area (TPSA) is 21.7 Å². The zero-order valence-corrected chi connectivity index (χ0v) is 9.76. The molecular weight excluding hydrogens is 202 g/mol. The molecule has 1 heterocycles. The van der Waals surface area contributed by atoms with Gasteiger partial charge in [-0.15, -0.1) is 0 Å². The Hall–Kier alpha value is -0.900. The third kappa shape index (κ3) is 3.30. The predicted molar refractivity (Wildman–Crippen MR) is 63.1 cm³/mol. The van der Waals surface area contributed by atoms with Crippen molar-refractivity contribution in [3.8, 4) is 0 Å². The highest BCUT2D eigenvalue weighted by Crippen LogP contribution is 2.15. The second-order valence-electron chi connectivity index (χ2n) is 4.08. The summed E-state index contributed by atoms with van der Waals surface area (Å²) in [5.41, 5.74) is 1.37. The molecule has 2 rings (SSSR count). The summed E-state index contributed by atoms with van der Waals surface area (Å²) in [5.74, 6) is 0. The molecule has 88 valence electrons. The summed E-state index contributed by atoms with van der Waals surface area (Å²) in [6.07, 6.45) is 0.357. The number of ether oxygens (including phenoxy) is 2. The molecule has 0 aromatic heterocycles. The van der Waals surface area contributed by atoms with E-state index in [1.165, 1.54) is 5.56 Å². The highest BCUT2D eigenvalue weighted by molar-refractivity contribution is 5.14. The Morgan fingerprint density at radius 3 is 2.69 bits per heavy atom. The van der Waals surface area contributed by atoms with E-state index in [1.807, 2.05) is 13.0 Å². The van der Waals surface area contributed by atoms with Crippen molar-refractivity contribution in [2.45, 2.75) is 19.6 Å². The minimum Gasteiger partial charge on any atom is -0.356 e. The molecule has 1 saturated heterocycles. The van der Waals surface area contributed by atoms with Crippen molar-refractivity contribution >= 4 is 0 Å². The quantitative estimate of drug-likeness (QED) is 0.541.